The molecule has 0 saturated heterocycles. The topological polar surface area (TPSA) is 511 Å². The highest BCUT2D eigenvalue weighted by atomic mass is 16.4. The third-order valence-electron chi connectivity index (χ3n) is 11.4. The summed E-state index contributed by atoms with van der Waals surface area (Å²) < 4.78 is 0. The van der Waals surface area contributed by atoms with Gasteiger partial charge in [0.2, 0.25) is 47.3 Å². The van der Waals surface area contributed by atoms with Crippen LogP contribution in [0.25, 0.3) is 0 Å². The SMILES string of the molecule is CC(C)C[C@H](NC(=O)[C@@H](N)Cc1cnc[nH]1)C(=O)N[C@@H](CCCN=C(N)N)C(=O)N[C@@H](CCC(=O)O)C(=O)N[C@H](C(=O)N[C@@H](CCCN=C(N)N)C(=O)N[C@@H](C)C(=O)N[C@H](C(=O)N[C@H](C(=O)O)[C@@H](C)O)C(C)C)C(C)C. The quantitative estimate of drug-likeness (QED) is 0.0172. The number of aliphatic carboxylic acids is 2. The monoisotopic (exact) mass is 1080 g/mol. The predicted octanol–water partition coefficient (Wildman–Crippen LogP) is -5.03. The van der Waals surface area contributed by atoms with Crippen LogP contribution < -0.4 is 71.2 Å². The lowest BCUT2D eigenvalue weighted by atomic mass is 10.00. The van der Waals surface area contributed by atoms with E-state index < -0.39 is 144 Å². The first-order chi connectivity index (χ1) is 35.4. The number of carbonyl (C=O) groups excluding carboxylic acids is 8. The predicted molar refractivity (Wildman–Crippen MR) is 277 cm³/mol. The van der Waals surface area contributed by atoms with Crippen molar-refractivity contribution in [2.45, 2.75) is 167 Å². The number of carbonyl (C=O) groups is 10. The van der Waals surface area contributed by atoms with Gasteiger partial charge in [-0.3, -0.25) is 53.1 Å². The van der Waals surface area contributed by atoms with Gasteiger partial charge in [-0.05, 0) is 70.1 Å². The number of aromatic amines is 1. The number of nitrogens with one attached hydrogen (secondary N) is 9. The maximum Gasteiger partial charge on any atom is 0.328 e. The summed E-state index contributed by atoms with van der Waals surface area (Å²) >= 11 is 0. The Labute approximate surface area is 440 Å². The van der Waals surface area contributed by atoms with Gasteiger partial charge in [0.05, 0.1) is 18.5 Å². The number of aliphatic hydroxyl groups is 1. The minimum absolute atomic E-state index is 0.00586. The average Bonchev–Trinajstić information content (AvgIpc) is 3.83. The summed E-state index contributed by atoms with van der Waals surface area (Å²) in [5, 5.41) is 48.9. The summed E-state index contributed by atoms with van der Waals surface area (Å²) in [5.74, 6) is -11.8. The van der Waals surface area contributed by atoms with Crippen molar-refractivity contribution < 1.29 is 63.3 Å². The molecule has 1 rings (SSSR count). The van der Waals surface area contributed by atoms with Crippen molar-refractivity contribution in [1.82, 2.24) is 52.5 Å². The van der Waals surface area contributed by atoms with Crippen LogP contribution in [-0.4, -0.2) is 170 Å². The van der Waals surface area contributed by atoms with E-state index >= 15 is 0 Å². The van der Waals surface area contributed by atoms with Crippen molar-refractivity contribution in [2.24, 2.45) is 56.4 Å². The number of hydrogen-bond acceptors (Lipinski definition) is 15. The fraction of sp³-hybridized carbons (Fsp3) is 0.674. The number of nitrogens with zero attached hydrogens (tertiary/aromatic N) is 3. The second-order valence-corrected chi connectivity index (χ2v) is 19.3. The van der Waals surface area contributed by atoms with Crippen molar-refractivity contribution >= 4 is 71.1 Å². The number of H-pyrrole nitrogens is 1. The molecule has 22 N–H and O–H groups in total. The number of guanidine groups is 2. The van der Waals surface area contributed by atoms with E-state index in [9.17, 15) is 63.3 Å². The van der Waals surface area contributed by atoms with Crippen molar-refractivity contribution in [3.05, 3.63) is 18.2 Å². The number of aromatic nitrogens is 2. The summed E-state index contributed by atoms with van der Waals surface area (Å²) in [4.78, 5) is 148. The first-order valence-electron chi connectivity index (χ1n) is 24.8. The maximum atomic E-state index is 14.1. The van der Waals surface area contributed by atoms with E-state index in [-0.39, 0.29) is 69.5 Å². The van der Waals surface area contributed by atoms with Crippen molar-refractivity contribution in [2.75, 3.05) is 13.1 Å². The Hall–Kier alpha value is -7.63. The van der Waals surface area contributed by atoms with Crippen LogP contribution in [0.3, 0.4) is 0 Å². The van der Waals surface area contributed by atoms with Crippen LogP contribution >= 0.6 is 0 Å². The van der Waals surface area contributed by atoms with E-state index in [0.717, 1.165) is 6.92 Å². The van der Waals surface area contributed by atoms with Gasteiger partial charge in [0, 0.05) is 37.8 Å². The number of aliphatic hydroxyl groups excluding tert-OH is 1. The minimum Gasteiger partial charge on any atom is -0.481 e. The van der Waals surface area contributed by atoms with E-state index in [4.69, 9.17) is 28.7 Å². The Morgan fingerprint density at radius 2 is 0.987 bits per heavy atom. The second-order valence-electron chi connectivity index (χ2n) is 19.3. The molecule has 8 amide bonds. The first kappa shape index (κ1) is 66.4. The fourth-order valence-corrected chi connectivity index (χ4v) is 7.21. The molecule has 1 heterocycles. The second kappa shape index (κ2) is 33.3. The van der Waals surface area contributed by atoms with E-state index in [0.29, 0.717) is 5.69 Å². The van der Waals surface area contributed by atoms with E-state index in [2.05, 4.69) is 62.5 Å². The highest BCUT2D eigenvalue weighted by Gasteiger charge is 2.36. The van der Waals surface area contributed by atoms with Crippen LogP contribution in [0.5, 0.6) is 0 Å². The number of amides is 8. The molecule has 0 fully saturated rings. The molecule has 0 spiro atoms. The number of carboxylic acid groups (broad SMARTS) is 2. The van der Waals surface area contributed by atoms with Gasteiger partial charge < -0.3 is 91.5 Å². The molecule has 1 aromatic heterocycles. The molecule has 30 heteroatoms. The Morgan fingerprint density at radius 1 is 0.566 bits per heavy atom. The lowest BCUT2D eigenvalue weighted by Crippen LogP contribution is -2.61. The molecule has 76 heavy (non-hydrogen) atoms. The van der Waals surface area contributed by atoms with Crippen LogP contribution in [0.4, 0.5) is 0 Å². The van der Waals surface area contributed by atoms with Gasteiger partial charge in [0.25, 0.3) is 0 Å². The van der Waals surface area contributed by atoms with Gasteiger partial charge >= 0.3 is 11.9 Å². The third-order valence-corrected chi connectivity index (χ3v) is 11.4. The largest absolute Gasteiger partial charge is 0.481 e. The van der Waals surface area contributed by atoms with Crippen molar-refractivity contribution in [3.63, 3.8) is 0 Å². The fourth-order valence-electron chi connectivity index (χ4n) is 7.21. The maximum absolute atomic E-state index is 14.1. The summed E-state index contributed by atoms with van der Waals surface area (Å²) in [6.07, 6.45) is 0.472. The third kappa shape index (κ3) is 25.1. The smallest absolute Gasteiger partial charge is 0.328 e. The molecule has 0 aliphatic heterocycles. The summed E-state index contributed by atoms with van der Waals surface area (Å²) in [6, 6.07) is -12.5. The summed E-state index contributed by atoms with van der Waals surface area (Å²) in [7, 11) is 0. The number of hydrogen-bond donors (Lipinski definition) is 17. The van der Waals surface area contributed by atoms with Gasteiger partial charge in [0.1, 0.15) is 42.3 Å². The van der Waals surface area contributed by atoms with Gasteiger partial charge in [-0.15, -0.1) is 0 Å². The van der Waals surface area contributed by atoms with Gasteiger partial charge in [-0.2, -0.15) is 0 Å². The van der Waals surface area contributed by atoms with Crippen molar-refractivity contribution in [3.8, 4) is 0 Å². The highest BCUT2D eigenvalue weighted by molar-refractivity contribution is 5.98. The molecule has 428 valence electrons. The highest BCUT2D eigenvalue weighted by Crippen LogP contribution is 2.12. The van der Waals surface area contributed by atoms with Gasteiger partial charge in [0.15, 0.2) is 18.0 Å². The van der Waals surface area contributed by atoms with Crippen LogP contribution in [0.1, 0.15) is 106 Å². The standard InChI is InChI=1S/C46H81N17O13/c1-21(2)17-31(60-37(68)27(47)18-26-19-52-20-55-26)41(72)57-29(12-10-16-54-46(50)51)39(70)58-30(13-14-32(65)66)40(71)62-33(22(3)4)42(73)59-28(11-9-15-53-45(48)49)38(69)56-24(7)36(67)61-34(23(5)6)43(74)63-35(25(8)64)44(75)76/h19-25,27-31,33-35,64H,9-18,47H2,1-8H3,(H,52,55)(H,56,69)(H,57,72)(H,58,70)(H,59,73)(H,60,68)(H,61,67)(H,62,71)(H,63,74)(H,65,66)(H,75,76)(H4,48,49,53)(H4,50,51,54)/t24-,25+,27-,28-,29-,30-,31-,33-,34-,35-/m0/s1. The molecule has 0 radical (unpaired) electrons. The molecule has 0 saturated carbocycles. The van der Waals surface area contributed by atoms with Crippen LogP contribution in [-0.2, 0) is 54.4 Å². The number of imidazole rings is 1. The molecule has 0 unspecified atom stereocenters. The zero-order valence-electron chi connectivity index (χ0n) is 44.4. The first-order valence-corrected chi connectivity index (χ1v) is 24.8. The zero-order valence-corrected chi connectivity index (χ0v) is 44.4. The molecule has 0 aromatic carbocycles. The van der Waals surface area contributed by atoms with Crippen molar-refractivity contribution in [1.29, 1.82) is 0 Å². The molecule has 30 nitrogen and oxygen atoms in total. The van der Waals surface area contributed by atoms with E-state index in [1.165, 1.54) is 19.4 Å². The van der Waals surface area contributed by atoms with E-state index in [1.807, 2.05) is 0 Å². The molecular formula is C46H81N17O13. The zero-order chi connectivity index (χ0) is 58.0. The molecule has 0 aliphatic rings. The Bertz CT molecular complexity index is 2160. The number of rotatable bonds is 35. The van der Waals surface area contributed by atoms with Gasteiger partial charge in [-0.1, -0.05) is 41.5 Å². The number of carboxylic acids is 2. The van der Waals surface area contributed by atoms with Crippen LogP contribution in [0, 0.1) is 17.8 Å². The Morgan fingerprint density at radius 3 is 1.42 bits per heavy atom. The number of nitrogens with two attached hydrogens (primary N) is 5. The molecule has 0 aliphatic carbocycles. The van der Waals surface area contributed by atoms with Crippen LogP contribution in [0.2, 0.25) is 0 Å². The summed E-state index contributed by atoms with van der Waals surface area (Å²) in [5.41, 5.74) is 28.6. The van der Waals surface area contributed by atoms with Crippen LogP contribution in [0.15, 0.2) is 22.5 Å². The molecule has 1 aromatic rings. The molecule has 10 atom stereocenters. The molecular weight excluding hydrogens is 999 g/mol. The average molecular weight is 1080 g/mol. The lowest BCUT2D eigenvalue weighted by Gasteiger charge is -2.29. The Balaban J connectivity index is 3.47. The van der Waals surface area contributed by atoms with E-state index in [1.54, 1.807) is 41.5 Å². The summed E-state index contributed by atoms with van der Waals surface area (Å²) in [6.45, 7) is 12.3. The van der Waals surface area contributed by atoms with Gasteiger partial charge in [-0.25, -0.2) is 9.78 Å². The number of aliphatic imine (C=N–C) groups is 2. The minimum atomic E-state index is -1.69. The normalized spacial score (nSPS) is 15.1. The lowest BCUT2D eigenvalue weighted by molar-refractivity contribution is -0.145. The Kier molecular flexibility index (Phi) is 29.1. The molecule has 0 bridgehead atoms.